The van der Waals surface area contributed by atoms with Gasteiger partial charge in [-0.05, 0) is 99.3 Å². The summed E-state index contributed by atoms with van der Waals surface area (Å²) in [4.78, 5) is 2.37. The van der Waals surface area contributed by atoms with Crippen molar-refractivity contribution in [2.45, 2.75) is 89.6 Å². The van der Waals surface area contributed by atoms with Crippen molar-refractivity contribution in [3.8, 4) is 0 Å². The third-order valence-corrected chi connectivity index (χ3v) is 7.93. The molecule has 1 saturated heterocycles. The maximum Gasteiger partial charge on any atom is 0.0648 e. The Balaban J connectivity index is 1.46. The first kappa shape index (κ1) is 22.8. The van der Waals surface area contributed by atoms with Gasteiger partial charge >= 0.3 is 0 Å². The van der Waals surface area contributed by atoms with Gasteiger partial charge in [0.05, 0.1) is 12.2 Å². The number of rotatable bonds is 8. The largest absolute Gasteiger partial charge is 0.395 e. The smallest absolute Gasteiger partial charge is 0.0648 e. The van der Waals surface area contributed by atoms with Crippen molar-refractivity contribution in [3.05, 3.63) is 35.4 Å². The van der Waals surface area contributed by atoms with Gasteiger partial charge in [-0.25, -0.2) is 0 Å². The minimum atomic E-state index is -0.428. The summed E-state index contributed by atoms with van der Waals surface area (Å²) in [7, 11) is 0. The zero-order chi connectivity index (χ0) is 20.9. The molecule has 0 spiro atoms. The number of likely N-dealkylation sites (tertiary alicyclic amines) is 1. The molecule has 1 unspecified atom stereocenters. The van der Waals surface area contributed by atoms with Gasteiger partial charge in [-0.1, -0.05) is 45.0 Å². The van der Waals surface area contributed by atoms with Crippen LogP contribution in [0.25, 0.3) is 0 Å². The van der Waals surface area contributed by atoms with E-state index >= 15 is 0 Å². The Bertz CT molecular complexity index is 596. The summed E-state index contributed by atoms with van der Waals surface area (Å²) in [5, 5.41) is 20.1. The molecule has 2 N–H and O–H groups in total. The zero-order valence-corrected chi connectivity index (χ0v) is 18.9. The minimum absolute atomic E-state index is 0.269. The third-order valence-electron chi connectivity index (χ3n) is 7.93. The predicted octanol–water partition coefficient (Wildman–Crippen LogP) is 5.32. The van der Waals surface area contributed by atoms with E-state index < -0.39 is 5.60 Å². The number of hydrogen-bond acceptors (Lipinski definition) is 3. The van der Waals surface area contributed by atoms with Gasteiger partial charge in [-0.2, -0.15) is 0 Å². The summed E-state index contributed by atoms with van der Waals surface area (Å²) >= 11 is 0. The Kier molecular flexibility index (Phi) is 8.18. The summed E-state index contributed by atoms with van der Waals surface area (Å²) < 4.78 is 0. The van der Waals surface area contributed by atoms with Crippen molar-refractivity contribution in [1.29, 1.82) is 0 Å². The Morgan fingerprint density at radius 1 is 1.00 bits per heavy atom. The van der Waals surface area contributed by atoms with Crippen molar-refractivity contribution < 1.29 is 10.2 Å². The number of aliphatic hydroxyl groups excluding tert-OH is 1. The lowest BCUT2D eigenvalue weighted by Gasteiger charge is -2.38. The summed E-state index contributed by atoms with van der Waals surface area (Å²) in [5.74, 6) is 2.71. The summed E-state index contributed by atoms with van der Waals surface area (Å²) in [6.07, 6.45) is 8.74. The van der Waals surface area contributed by atoms with Crippen LogP contribution in [0.1, 0.15) is 95.1 Å². The first-order chi connectivity index (χ1) is 13.9. The van der Waals surface area contributed by atoms with Crippen LogP contribution in [0.2, 0.25) is 0 Å². The molecule has 1 aliphatic carbocycles. The minimum Gasteiger partial charge on any atom is -0.395 e. The number of hydrogen-bond donors (Lipinski definition) is 2. The molecule has 1 atom stereocenters. The second-order valence-corrected chi connectivity index (χ2v) is 10.3. The quantitative estimate of drug-likeness (QED) is 0.619. The zero-order valence-electron chi connectivity index (χ0n) is 18.9. The van der Waals surface area contributed by atoms with Crippen LogP contribution in [-0.4, -0.2) is 47.0 Å². The van der Waals surface area contributed by atoms with Gasteiger partial charge in [0.15, 0.2) is 0 Å². The van der Waals surface area contributed by atoms with E-state index in [0.29, 0.717) is 11.8 Å². The number of nitrogens with zero attached hydrogens (tertiary/aromatic N) is 1. The van der Waals surface area contributed by atoms with E-state index in [9.17, 15) is 5.11 Å². The molecular formula is C26H43NO2. The van der Waals surface area contributed by atoms with Crippen LogP contribution in [0.3, 0.4) is 0 Å². The lowest BCUT2D eigenvalue weighted by atomic mass is 9.72. The molecular weight excluding hydrogens is 358 g/mol. The third kappa shape index (κ3) is 6.29. The number of aliphatic hydroxyl groups is 2. The molecule has 3 heteroatoms. The normalized spacial score (nSPS) is 28.0. The molecule has 2 fully saturated rings. The van der Waals surface area contributed by atoms with E-state index in [1.165, 1.54) is 36.8 Å². The van der Waals surface area contributed by atoms with Crippen LogP contribution in [0.4, 0.5) is 0 Å². The Morgan fingerprint density at radius 2 is 1.62 bits per heavy atom. The van der Waals surface area contributed by atoms with Crippen LogP contribution in [0.15, 0.2) is 24.3 Å². The standard InChI is InChI=1S/C26H43NO2/c1-20(2)22-9-14-26(29,15-10-22)13-8-21(3)23-4-6-24(7-5-23)25-11-16-27(17-12-25)18-19-28/h4-7,20-22,25,28-29H,8-19H2,1-3H3. The average molecular weight is 402 g/mol. The molecule has 164 valence electrons. The van der Waals surface area contributed by atoms with Gasteiger partial charge in [0.2, 0.25) is 0 Å². The fraction of sp³-hybridized carbons (Fsp3) is 0.769. The van der Waals surface area contributed by atoms with Crippen molar-refractivity contribution in [3.63, 3.8) is 0 Å². The van der Waals surface area contributed by atoms with Crippen molar-refractivity contribution in [1.82, 2.24) is 4.90 Å². The second kappa shape index (κ2) is 10.4. The van der Waals surface area contributed by atoms with E-state index in [2.05, 4.69) is 49.9 Å². The number of β-amino-alcohol motifs (C(OH)–C–C–N with tert-alkyl or cyclic N) is 1. The molecule has 1 aromatic carbocycles. The summed E-state index contributed by atoms with van der Waals surface area (Å²) in [5.41, 5.74) is 2.45. The predicted molar refractivity (Wildman–Crippen MR) is 121 cm³/mol. The maximum absolute atomic E-state index is 11.0. The van der Waals surface area contributed by atoms with Gasteiger partial charge in [0.25, 0.3) is 0 Å². The van der Waals surface area contributed by atoms with E-state index in [1.807, 2.05) is 0 Å². The monoisotopic (exact) mass is 401 g/mol. The average Bonchev–Trinajstić information content (AvgIpc) is 2.73. The SMILES string of the molecule is CC(CCC1(O)CCC(C(C)C)CC1)c1ccc(C2CCN(CCO)CC2)cc1. The van der Waals surface area contributed by atoms with Crippen LogP contribution in [0.5, 0.6) is 0 Å². The Labute approximate surface area is 178 Å². The first-order valence-electron chi connectivity index (χ1n) is 12.1. The molecule has 1 saturated carbocycles. The Morgan fingerprint density at radius 3 is 2.17 bits per heavy atom. The van der Waals surface area contributed by atoms with E-state index in [0.717, 1.165) is 57.2 Å². The molecule has 29 heavy (non-hydrogen) atoms. The highest BCUT2D eigenvalue weighted by Gasteiger charge is 2.34. The lowest BCUT2D eigenvalue weighted by Crippen LogP contribution is -2.35. The van der Waals surface area contributed by atoms with E-state index in [-0.39, 0.29) is 6.61 Å². The molecule has 3 nitrogen and oxygen atoms in total. The molecule has 1 aromatic rings. The second-order valence-electron chi connectivity index (χ2n) is 10.3. The van der Waals surface area contributed by atoms with E-state index in [1.54, 1.807) is 0 Å². The maximum atomic E-state index is 11.0. The van der Waals surface area contributed by atoms with Crippen LogP contribution < -0.4 is 0 Å². The van der Waals surface area contributed by atoms with Gasteiger partial charge < -0.3 is 15.1 Å². The van der Waals surface area contributed by atoms with E-state index in [4.69, 9.17) is 5.11 Å². The molecule has 1 heterocycles. The molecule has 1 aliphatic heterocycles. The summed E-state index contributed by atoms with van der Waals surface area (Å²) in [6.45, 7) is 10.2. The fourth-order valence-electron chi connectivity index (χ4n) is 5.47. The van der Waals surface area contributed by atoms with Gasteiger partial charge in [-0.15, -0.1) is 0 Å². The highest BCUT2D eigenvalue weighted by atomic mass is 16.3. The number of benzene rings is 1. The van der Waals surface area contributed by atoms with Crippen molar-refractivity contribution in [2.24, 2.45) is 11.8 Å². The molecule has 2 aliphatic rings. The molecule has 0 radical (unpaired) electrons. The van der Waals surface area contributed by atoms with Crippen LogP contribution in [-0.2, 0) is 0 Å². The highest BCUT2D eigenvalue weighted by Crippen LogP contribution is 2.39. The van der Waals surface area contributed by atoms with Crippen molar-refractivity contribution in [2.75, 3.05) is 26.2 Å². The summed E-state index contributed by atoms with van der Waals surface area (Å²) in [6, 6.07) is 9.31. The van der Waals surface area contributed by atoms with Gasteiger partial charge in [-0.3, -0.25) is 0 Å². The fourth-order valence-corrected chi connectivity index (χ4v) is 5.47. The topological polar surface area (TPSA) is 43.7 Å². The molecule has 0 aromatic heterocycles. The highest BCUT2D eigenvalue weighted by molar-refractivity contribution is 5.28. The van der Waals surface area contributed by atoms with Crippen molar-refractivity contribution >= 4 is 0 Å². The lowest BCUT2D eigenvalue weighted by molar-refractivity contribution is -0.0244. The van der Waals surface area contributed by atoms with Gasteiger partial charge in [0.1, 0.15) is 0 Å². The molecule has 3 rings (SSSR count). The number of piperidine rings is 1. The molecule has 0 amide bonds. The Hall–Kier alpha value is -0.900. The van der Waals surface area contributed by atoms with Crippen LogP contribution in [0, 0.1) is 11.8 Å². The molecule has 0 bridgehead atoms. The van der Waals surface area contributed by atoms with Crippen LogP contribution >= 0.6 is 0 Å². The first-order valence-corrected chi connectivity index (χ1v) is 12.1. The van der Waals surface area contributed by atoms with Gasteiger partial charge in [0, 0.05) is 6.54 Å².